The van der Waals surface area contributed by atoms with Crippen molar-refractivity contribution in [3.8, 4) is 11.1 Å². The highest BCUT2D eigenvalue weighted by atomic mass is 16.5. The van der Waals surface area contributed by atoms with E-state index in [-0.39, 0.29) is 36.8 Å². The zero-order valence-electron chi connectivity index (χ0n) is 19.0. The lowest BCUT2D eigenvalue weighted by Crippen LogP contribution is -2.53. The van der Waals surface area contributed by atoms with Crippen LogP contribution in [0.25, 0.3) is 11.1 Å². The summed E-state index contributed by atoms with van der Waals surface area (Å²) in [6.07, 6.45) is 0.991. The molecule has 0 bridgehead atoms. The van der Waals surface area contributed by atoms with Crippen molar-refractivity contribution in [1.29, 1.82) is 0 Å². The van der Waals surface area contributed by atoms with Crippen LogP contribution < -0.4 is 10.6 Å². The molecule has 7 nitrogen and oxygen atoms in total. The fraction of sp³-hybridized carbons (Fsp3) is 0.423. The predicted octanol–water partition coefficient (Wildman–Crippen LogP) is 4.06. The Balaban J connectivity index is 1.24. The van der Waals surface area contributed by atoms with E-state index in [1.807, 2.05) is 38.1 Å². The second kappa shape index (κ2) is 9.25. The van der Waals surface area contributed by atoms with Gasteiger partial charge in [-0.2, -0.15) is 0 Å². The molecule has 2 amide bonds. The molecule has 7 heteroatoms. The highest BCUT2D eigenvalue weighted by Gasteiger charge is 2.38. The van der Waals surface area contributed by atoms with Gasteiger partial charge in [-0.15, -0.1) is 0 Å². The normalized spacial score (nSPS) is 19.1. The van der Waals surface area contributed by atoms with Gasteiger partial charge in [0, 0.05) is 29.8 Å². The number of carbonyl (C=O) groups excluding carboxylic acids is 2. The third-order valence-corrected chi connectivity index (χ3v) is 6.60. The number of benzene rings is 2. The number of nitrogens with one attached hydrogen (secondary N) is 2. The Morgan fingerprint density at radius 3 is 2.15 bits per heavy atom. The first-order valence-corrected chi connectivity index (χ1v) is 11.4. The summed E-state index contributed by atoms with van der Waals surface area (Å²) in [5, 5.41) is 14.6. The van der Waals surface area contributed by atoms with Gasteiger partial charge in [0.05, 0.1) is 0 Å². The molecule has 33 heavy (non-hydrogen) atoms. The number of rotatable bonds is 8. The molecule has 2 aliphatic carbocycles. The van der Waals surface area contributed by atoms with Gasteiger partial charge in [-0.25, -0.2) is 4.79 Å². The first kappa shape index (κ1) is 22.8. The topological polar surface area (TPSA) is 105 Å². The van der Waals surface area contributed by atoms with E-state index in [0.29, 0.717) is 19.3 Å². The monoisotopic (exact) mass is 450 g/mol. The van der Waals surface area contributed by atoms with E-state index in [9.17, 15) is 14.4 Å². The highest BCUT2D eigenvalue weighted by Crippen LogP contribution is 2.44. The molecular weight excluding hydrogens is 420 g/mol. The van der Waals surface area contributed by atoms with Crippen molar-refractivity contribution >= 4 is 18.0 Å². The van der Waals surface area contributed by atoms with Crippen molar-refractivity contribution < 1.29 is 24.2 Å². The summed E-state index contributed by atoms with van der Waals surface area (Å²) in [6, 6.07) is 16.3. The first-order valence-electron chi connectivity index (χ1n) is 11.4. The van der Waals surface area contributed by atoms with Crippen LogP contribution in [0, 0.1) is 5.92 Å². The summed E-state index contributed by atoms with van der Waals surface area (Å²) in [4.78, 5) is 35.6. The maximum atomic E-state index is 12.4. The van der Waals surface area contributed by atoms with E-state index in [2.05, 4.69) is 34.9 Å². The standard InChI is InChI=1S/C26H30N2O5/c1-26(2,12-11-23(29)30)28-24(31)16-13-17(14-16)27-25(32)33-15-22-20-9-5-3-7-18(20)19-8-4-6-10-21(19)22/h3-10,16-17,22H,11-15H2,1-2H3,(H,27,32)(H,28,31)(H,29,30). The minimum atomic E-state index is -0.881. The van der Waals surface area contributed by atoms with Crippen molar-refractivity contribution in [2.24, 2.45) is 5.92 Å². The zero-order valence-corrected chi connectivity index (χ0v) is 19.0. The largest absolute Gasteiger partial charge is 0.481 e. The third kappa shape index (κ3) is 5.18. The summed E-state index contributed by atoms with van der Waals surface area (Å²) in [6.45, 7) is 3.89. The van der Waals surface area contributed by atoms with E-state index in [0.717, 1.165) is 11.1 Å². The van der Waals surface area contributed by atoms with E-state index in [1.54, 1.807) is 0 Å². The van der Waals surface area contributed by atoms with Crippen LogP contribution in [0.1, 0.15) is 56.6 Å². The second-order valence-electron chi connectivity index (χ2n) is 9.60. The van der Waals surface area contributed by atoms with Crippen LogP contribution in [0.5, 0.6) is 0 Å². The maximum Gasteiger partial charge on any atom is 0.407 e. The lowest BCUT2D eigenvalue weighted by atomic mass is 9.79. The van der Waals surface area contributed by atoms with Gasteiger partial charge in [0.1, 0.15) is 6.61 Å². The Bertz CT molecular complexity index is 1010. The van der Waals surface area contributed by atoms with E-state index in [1.165, 1.54) is 11.1 Å². The molecule has 174 valence electrons. The van der Waals surface area contributed by atoms with E-state index < -0.39 is 17.6 Å². The lowest BCUT2D eigenvalue weighted by Gasteiger charge is -2.37. The summed E-state index contributed by atoms with van der Waals surface area (Å²) in [7, 11) is 0. The number of hydrogen-bond donors (Lipinski definition) is 3. The molecule has 4 rings (SSSR count). The minimum Gasteiger partial charge on any atom is -0.481 e. The molecule has 2 aromatic carbocycles. The van der Waals surface area contributed by atoms with Gasteiger partial charge in [0.15, 0.2) is 0 Å². The smallest absolute Gasteiger partial charge is 0.407 e. The van der Waals surface area contributed by atoms with Gasteiger partial charge in [-0.3, -0.25) is 9.59 Å². The third-order valence-electron chi connectivity index (χ3n) is 6.60. The second-order valence-corrected chi connectivity index (χ2v) is 9.60. The molecule has 2 aromatic rings. The van der Waals surface area contributed by atoms with E-state index >= 15 is 0 Å². The van der Waals surface area contributed by atoms with Crippen LogP contribution >= 0.6 is 0 Å². The first-order chi connectivity index (χ1) is 15.7. The summed E-state index contributed by atoms with van der Waals surface area (Å²) in [5.41, 5.74) is 4.11. The van der Waals surface area contributed by atoms with Gasteiger partial charge in [0.25, 0.3) is 0 Å². The molecule has 0 atom stereocenters. The van der Waals surface area contributed by atoms with Crippen molar-refractivity contribution in [3.05, 3.63) is 59.7 Å². The SMILES string of the molecule is CC(C)(CCC(=O)O)NC(=O)C1CC(NC(=O)OCC2c3ccccc3-c3ccccc32)C1. The highest BCUT2D eigenvalue weighted by molar-refractivity contribution is 5.81. The number of carboxylic acid groups (broad SMARTS) is 1. The molecule has 1 fully saturated rings. The van der Waals surface area contributed by atoms with Crippen LogP contribution in [0.2, 0.25) is 0 Å². The van der Waals surface area contributed by atoms with Crippen LogP contribution in [0.4, 0.5) is 4.79 Å². The number of fused-ring (bicyclic) bond motifs is 3. The van der Waals surface area contributed by atoms with Gasteiger partial charge in [0.2, 0.25) is 5.91 Å². The van der Waals surface area contributed by atoms with Gasteiger partial charge < -0.3 is 20.5 Å². The molecule has 0 spiro atoms. The quantitative estimate of drug-likeness (QED) is 0.563. The van der Waals surface area contributed by atoms with Crippen LogP contribution in [-0.4, -0.2) is 41.3 Å². The molecule has 0 radical (unpaired) electrons. The van der Waals surface area contributed by atoms with Crippen molar-refractivity contribution in [2.45, 2.75) is 57.0 Å². The lowest BCUT2D eigenvalue weighted by molar-refractivity contribution is -0.138. The Kier molecular flexibility index (Phi) is 6.40. The van der Waals surface area contributed by atoms with E-state index in [4.69, 9.17) is 9.84 Å². The Labute approximate surface area is 193 Å². The average molecular weight is 451 g/mol. The van der Waals surface area contributed by atoms with Gasteiger partial charge >= 0.3 is 12.1 Å². The van der Waals surface area contributed by atoms with Crippen molar-refractivity contribution in [3.63, 3.8) is 0 Å². The molecule has 0 saturated heterocycles. The molecule has 0 unspecified atom stereocenters. The van der Waals surface area contributed by atoms with Crippen LogP contribution in [-0.2, 0) is 14.3 Å². The fourth-order valence-electron chi connectivity index (χ4n) is 4.67. The summed E-state index contributed by atoms with van der Waals surface area (Å²) >= 11 is 0. The molecule has 1 saturated carbocycles. The maximum absolute atomic E-state index is 12.4. The molecule has 3 N–H and O–H groups in total. The minimum absolute atomic E-state index is 0.00388. The predicted molar refractivity (Wildman–Crippen MR) is 124 cm³/mol. The molecule has 2 aliphatic rings. The Morgan fingerprint density at radius 2 is 1.58 bits per heavy atom. The zero-order chi connectivity index (χ0) is 23.6. The number of aliphatic carboxylic acids is 1. The average Bonchev–Trinajstić information content (AvgIpc) is 3.06. The Hall–Kier alpha value is -3.35. The Morgan fingerprint density at radius 1 is 1.00 bits per heavy atom. The van der Waals surface area contributed by atoms with Crippen molar-refractivity contribution in [2.75, 3.05) is 6.61 Å². The van der Waals surface area contributed by atoms with Crippen molar-refractivity contribution in [1.82, 2.24) is 10.6 Å². The van der Waals surface area contributed by atoms with Gasteiger partial charge in [-0.05, 0) is 55.4 Å². The number of hydrogen-bond acceptors (Lipinski definition) is 4. The number of amides is 2. The van der Waals surface area contributed by atoms with Gasteiger partial charge in [-0.1, -0.05) is 48.5 Å². The van der Waals surface area contributed by atoms with Crippen LogP contribution in [0.15, 0.2) is 48.5 Å². The summed E-state index contributed by atoms with van der Waals surface area (Å²) in [5.74, 6) is -1.16. The van der Waals surface area contributed by atoms with Crippen LogP contribution in [0.3, 0.4) is 0 Å². The number of carboxylic acids is 1. The number of ether oxygens (including phenoxy) is 1. The molecule has 0 aromatic heterocycles. The molecule has 0 heterocycles. The number of carbonyl (C=O) groups is 3. The fourth-order valence-corrected chi connectivity index (χ4v) is 4.67. The number of alkyl carbamates (subject to hydrolysis) is 1. The molecular formula is C26H30N2O5. The molecule has 0 aliphatic heterocycles. The summed E-state index contributed by atoms with van der Waals surface area (Å²) < 4.78 is 5.57.